The lowest BCUT2D eigenvalue weighted by Gasteiger charge is -2.15. The number of anilines is 1. The van der Waals surface area contributed by atoms with E-state index < -0.39 is 11.7 Å². The molecule has 1 heterocycles. The number of nitriles is 1. The van der Waals surface area contributed by atoms with E-state index in [9.17, 15) is 23.2 Å². The number of halogens is 5. The second-order valence-electron chi connectivity index (χ2n) is 5.91. The van der Waals surface area contributed by atoms with Crippen LogP contribution < -0.4 is 5.32 Å². The van der Waals surface area contributed by atoms with Crippen LogP contribution in [0.5, 0.6) is 0 Å². The van der Waals surface area contributed by atoms with Crippen molar-refractivity contribution in [2.24, 2.45) is 0 Å². The third-order valence-corrected chi connectivity index (χ3v) is 4.43. The van der Waals surface area contributed by atoms with Gasteiger partial charge in [-0.2, -0.15) is 23.5 Å². The number of benzene rings is 1. The maximum atomic E-state index is 12.9. The van der Waals surface area contributed by atoms with Crippen molar-refractivity contribution < 1.29 is 22.7 Å². The van der Waals surface area contributed by atoms with E-state index in [0.717, 1.165) is 12.1 Å². The van der Waals surface area contributed by atoms with Gasteiger partial charge in [-0.15, -0.1) is 0 Å². The summed E-state index contributed by atoms with van der Waals surface area (Å²) in [6.07, 6.45) is -1.94. The molecule has 0 atom stereocenters. The van der Waals surface area contributed by atoms with Gasteiger partial charge in [0.15, 0.2) is 0 Å². The highest BCUT2D eigenvalue weighted by Gasteiger charge is 2.32. The summed E-state index contributed by atoms with van der Waals surface area (Å²) in [4.78, 5) is 11.3. The Morgan fingerprint density at radius 3 is 2.52 bits per heavy atom. The third kappa shape index (κ3) is 5.78. The van der Waals surface area contributed by atoms with Gasteiger partial charge in [-0.3, -0.25) is 4.79 Å². The van der Waals surface area contributed by atoms with Crippen molar-refractivity contribution in [2.75, 3.05) is 18.5 Å². The van der Waals surface area contributed by atoms with E-state index in [1.54, 1.807) is 6.92 Å². The Morgan fingerprint density at radius 1 is 1.31 bits per heavy atom. The van der Waals surface area contributed by atoms with Gasteiger partial charge in [-0.05, 0) is 31.9 Å². The molecule has 0 fully saturated rings. The quantitative estimate of drug-likeness (QED) is 0.442. The van der Waals surface area contributed by atoms with E-state index in [1.165, 1.54) is 10.9 Å². The van der Waals surface area contributed by atoms with Gasteiger partial charge in [0.25, 0.3) is 0 Å². The van der Waals surface area contributed by atoms with Gasteiger partial charge in [0.05, 0.1) is 28.4 Å². The van der Waals surface area contributed by atoms with E-state index >= 15 is 0 Å². The lowest BCUT2D eigenvalue weighted by atomic mass is 10.2. The highest BCUT2D eigenvalue weighted by molar-refractivity contribution is 6.38. The number of nitrogens with zero attached hydrogens (tertiary/aromatic N) is 3. The van der Waals surface area contributed by atoms with Gasteiger partial charge in [0.1, 0.15) is 23.1 Å². The first-order valence-electron chi connectivity index (χ1n) is 8.63. The van der Waals surface area contributed by atoms with Crippen LogP contribution in [-0.4, -0.2) is 28.9 Å². The molecule has 6 nitrogen and oxygen atoms in total. The Labute approximate surface area is 175 Å². The fourth-order valence-corrected chi connectivity index (χ4v) is 3.18. The number of esters is 1. The molecule has 1 aromatic heterocycles. The smallest absolute Gasteiger partial charge is 0.416 e. The maximum absolute atomic E-state index is 12.9. The van der Waals surface area contributed by atoms with Crippen LogP contribution in [0.3, 0.4) is 0 Å². The number of carbonyl (C=O) groups is 1. The van der Waals surface area contributed by atoms with Crippen molar-refractivity contribution in [3.05, 3.63) is 39.5 Å². The van der Waals surface area contributed by atoms with E-state index in [1.807, 2.05) is 6.07 Å². The summed E-state index contributed by atoms with van der Waals surface area (Å²) in [6, 6.07) is 3.45. The highest BCUT2D eigenvalue weighted by atomic mass is 35.5. The molecule has 1 aromatic carbocycles. The number of carbonyl (C=O) groups excluding carboxylic acids is 1. The monoisotopic (exact) mass is 448 g/mol. The zero-order chi connectivity index (χ0) is 21.6. The highest BCUT2D eigenvalue weighted by Crippen LogP contribution is 2.38. The number of alkyl halides is 3. The minimum atomic E-state index is -4.60. The molecule has 0 saturated carbocycles. The van der Waals surface area contributed by atoms with Gasteiger partial charge >= 0.3 is 12.1 Å². The number of nitrogens with one attached hydrogen (secondary N) is 1. The van der Waals surface area contributed by atoms with Gasteiger partial charge in [-0.25, -0.2) is 4.68 Å². The summed E-state index contributed by atoms with van der Waals surface area (Å²) in [5, 5.41) is 15.8. The molecule has 0 aliphatic carbocycles. The minimum Gasteiger partial charge on any atom is -0.466 e. The first kappa shape index (κ1) is 22.8. The average molecular weight is 449 g/mol. The number of hydrogen-bond donors (Lipinski definition) is 1. The summed E-state index contributed by atoms with van der Waals surface area (Å²) >= 11 is 12.1. The average Bonchev–Trinajstić information content (AvgIpc) is 3.03. The summed E-state index contributed by atoms with van der Waals surface area (Å²) < 4.78 is 44.8. The van der Waals surface area contributed by atoms with Crippen molar-refractivity contribution in [1.82, 2.24) is 9.78 Å². The van der Waals surface area contributed by atoms with Crippen molar-refractivity contribution >= 4 is 35.0 Å². The molecular weight excluding hydrogens is 432 g/mol. The van der Waals surface area contributed by atoms with Crippen molar-refractivity contribution in [1.29, 1.82) is 5.26 Å². The zero-order valence-electron chi connectivity index (χ0n) is 15.3. The van der Waals surface area contributed by atoms with Gasteiger partial charge in [0.2, 0.25) is 0 Å². The molecule has 0 unspecified atom stereocenters. The number of ether oxygens (including phenoxy) is 1. The van der Waals surface area contributed by atoms with Crippen LogP contribution in [0.4, 0.5) is 19.0 Å². The van der Waals surface area contributed by atoms with E-state index in [-0.39, 0.29) is 39.5 Å². The van der Waals surface area contributed by atoms with Crippen LogP contribution in [0, 0.1) is 11.3 Å². The van der Waals surface area contributed by atoms with Crippen LogP contribution in [0.2, 0.25) is 10.0 Å². The first-order chi connectivity index (χ1) is 13.7. The molecule has 1 N–H and O–H groups in total. The molecule has 0 aliphatic heterocycles. The number of hydrogen-bond acceptors (Lipinski definition) is 5. The Hall–Kier alpha value is -2.44. The predicted molar refractivity (Wildman–Crippen MR) is 102 cm³/mol. The molecule has 0 amide bonds. The van der Waals surface area contributed by atoms with Crippen LogP contribution in [0.25, 0.3) is 5.69 Å². The number of unbranched alkanes of at least 4 members (excludes halogenated alkanes) is 1. The predicted octanol–water partition coefficient (Wildman–Crippen LogP) is 5.21. The SMILES string of the molecule is CCOC(=O)CCCCNc1c(C#N)cnn1-c1c(Cl)cc(C(F)(F)F)cc1Cl. The van der Waals surface area contributed by atoms with E-state index in [0.29, 0.717) is 26.0 Å². The fourth-order valence-electron chi connectivity index (χ4n) is 2.54. The molecule has 2 aromatic rings. The second-order valence-corrected chi connectivity index (χ2v) is 6.72. The lowest BCUT2D eigenvalue weighted by Crippen LogP contribution is -2.12. The molecule has 0 saturated heterocycles. The first-order valence-corrected chi connectivity index (χ1v) is 9.38. The Kier molecular flexibility index (Phi) is 7.76. The molecular formula is C18H17Cl2F3N4O2. The molecule has 0 radical (unpaired) electrons. The van der Waals surface area contributed by atoms with E-state index in [2.05, 4.69) is 10.4 Å². The summed E-state index contributed by atoms with van der Waals surface area (Å²) in [5.74, 6) is -0.0502. The maximum Gasteiger partial charge on any atom is 0.416 e. The van der Waals surface area contributed by atoms with E-state index in [4.69, 9.17) is 27.9 Å². The minimum absolute atomic E-state index is 0.0249. The standard InChI is InChI=1S/C18H17Cl2F3N4O2/c1-2-29-15(28)5-3-4-6-25-17-11(9-24)10-26-27(17)16-13(19)7-12(8-14(16)20)18(21,22)23/h7-8,10,25H,2-6H2,1H3. The summed E-state index contributed by atoms with van der Waals surface area (Å²) in [7, 11) is 0. The van der Waals surface area contributed by atoms with Gasteiger partial charge in [-0.1, -0.05) is 23.2 Å². The molecule has 2 rings (SSSR count). The molecule has 0 bridgehead atoms. The summed E-state index contributed by atoms with van der Waals surface area (Å²) in [5.41, 5.74) is -0.795. The van der Waals surface area contributed by atoms with Crippen molar-refractivity contribution in [3.8, 4) is 11.8 Å². The third-order valence-electron chi connectivity index (χ3n) is 3.85. The molecule has 11 heteroatoms. The number of aromatic nitrogens is 2. The molecule has 156 valence electrons. The molecule has 0 aliphatic rings. The topological polar surface area (TPSA) is 79.9 Å². The summed E-state index contributed by atoms with van der Waals surface area (Å²) in [6.45, 7) is 2.42. The van der Waals surface area contributed by atoms with Crippen LogP contribution in [0.15, 0.2) is 18.3 Å². The lowest BCUT2D eigenvalue weighted by molar-refractivity contribution is -0.143. The van der Waals surface area contributed by atoms with Gasteiger partial charge in [0, 0.05) is 13.0 Å². The Balaban J connectivity index is 2.21. The van der Waals surface area contributed by atoms with Crippen molar-refractivity contribution in [3.63, 3.8) is 0 Å². The van der Waals surface area contributed by atoms with Crippen molar-refractivity contribution in [2.45, 2.75) is 32.4 Å². The molecule has 0 spiro atoms. The Bertz CT molecular complexity index is 900. The van der Waals surface area contributed by atoms with Crippen LogP contribution in [-0.2, 0) is 15.7 Å². The van der Waals surface area contributed by atoms with Crippen LogP contribution in [0.1, 0.15) is 37.3 Å². The van der Waals surface area contributed by atoms with Gasteiger partial charge < -0.3 is 10.1 Å². The number of rotatable bonds is 8. The fraction of sp³-hybridized carbons (Fsp3) is 0.389. The second kappa shape index (κ2) is 9.85. The zero-order valence-corrected chi connectivity index (χ0v) is 16.8. The Morgan fingerprint density at radius 2 is 1.97 bits per heavy atom. The molecule has 29 heavy (non-hydrogen) atoms. The largest absolute Gasteiger partial charge is 0.466 e. The normalized spacial score (nSPS) is 11.2. The van der Waals surface area contributed by atoms with Crippen LogP contribution >= 0.6 is 23.2 Å².